The first-order valence-corrected chi connectivity index (χ1v) is 16.1. The van der Waals surface area contributed by atoms with Crippen LogP contribution >= 0.6 is 0 Å². The van der Waals surface area contributed by atoms with Crippen molar-refractivity contribution >= 4 is 40.7 Å². The van der Waals surface area contributed by atoms with Crippen molar-refractivity contribution in [3.05, 3.63) is 71.4 Å². The summed E-state index contributed by atoms with van der Waals surface area (Å²) in [4.78, 5) is 72.7. The number of carboxylic acids is 1. The van der Waals surface area contributed by atoms with Crippen molar-refractivity contribution in [3.8, 4) is 5.75 Å². The lowest BCUT2D eigenvalue weighted by atomic mass is 10.0. The summed E-state index contributed by atoms with van der Waals surface area (Å²) in [5, 5.41) is 12.4. The van der Waals surface area contributed by atoms with Crippen LogP contribution in [0.3, 0.4) is 0 Å². The molecule has 0 aliphatic carbocycles. The summed E-state index contributed by atoms with van der Waals surface area (Å²) in [5.41, 5.74) is 0.732. The molecule has 49 heavy (non-hydrogen) atoms. The Hall–Kier alpha value is -5.34. The van der Waals surface area contributed by atoms with Crippen molar-refractivity contribution in [2.24, 2.45) is 0 Å². The van der Waals surface area contributed by atoms with Gasteiger partial charge in [-0.3, -0.25) is 19.2 Å². The first kappa shape index (κ1) is 35.0. The minimum atomic E-state index is -1.19. The van der Waals surface area contributed by atoms with Crippen molar-refractivity contribution < 1.29 is 47.3 Å². The van der Waals surface area contributed by atoms with Gasteiger partial charge < -0.3 is 34.6 Å². The molecule has 2 unspecified atom stereocenters. The molecule has 4 amide bonds. The quantitative estimate of drug-likeness (QED) is 0.309. The topological polar surface area (TPSA) is 159 Å². The van der Waals surface area contributed by atoms with Gasteiger partial charge in [-0.2, -0.15) is 0 Å². The standard InChI is InChI=1S/C34H37F2N5O8/c1-2-48-34(47)40-16-14-39(15-17-40)33(46)26(11-12-31(43)44)38-32(45)27-19-29(22-6-3-4-7-25(22)37-27)49-20-30(42)41-13-5-8-28(41)21-9-10-23(35)24(36)18-21/h3-4,6-7,9-10,18-19,26,28H,2,5,8,11-17,20H2,1H3,(H,38,45)(H,43,44). The van der Waals surface area contributed by atoms with Gasteiger partial charge in [-0.25, -0.2) is 18.6 Å². The number of benzene rings is 2. The molecule has 0 saturated carbocycles. The van der Waals surface area contributed by atoms with Gasteiger partial charge in [0, 0.05) is 50.6 Å². The molecule has 5 rings (SSSR count). The Morgan fingerprint density at radius 2 is 1.71 bits per heavy atom. The number of ether oxygens (including phenoxy) is 2. The summed E-state index contributed by atoms with van der Waals surface area (Å²) >= 11 is 0. The minimum absolute atomic E-state index is 0.123. The molecule has 2 aliphatic heterocycles. The summed E-state index contributed by atoms with van der Waals surface area (Å²) in [6, 6.07) is 10.1. The monoisotopic (exact) mass is 681 g/mol. The molecule has 1 aromatic heterocycles. The van der Waals surface area contributed by atoms with E-state index in [2.05, 4.69) is 10.3 Å². The first-order chi connectivity index (χ1) is 23.5. The Morgan fingerprint density at radius 3 is 2.43 bits per heavy atom. The number of fused-ring (bicyclic) bond motifs is 1. The Balaban J connectivity index is 1.30. The number of carbonyl (C=O) groups excluding carboxylic acids is 4. The molecule has 0 radical (unpaired) electrons. The van der Waals surface area contributed by atoms with Crippen molar-refractivity contribution in [2.75, 3.05) is 45.9 Å². The highest BCUT2D eigenvalue weighted by Gasteiger charge is 2.33. The highest BCUT2D eigenvalue weighted by Crippen LogP contribution is 2.33. The van der Waals surface area contributed by atoms with Gasteiger partial charge in [0.1, 0.15) is 17.5 Å². The minimum Gasteiger partial charge on any atom is -0.483 e. The zero-order valence-corrected chi connectivity index (χ0v) is 26.9. The van der Waals surface area contributed by atoms with Gasteiger partial charge in [-0.15, -0.1) is 0 Å². The van der Waals surface area contributed by atoms with Crippen LogP contribution in [0, 0.1) is 11.6 Å². The summed E-state index contributed by atoms with van der Waals surface area (Å²) in [7, 11) is 0. The summed E-state index contributed by atoms with van der Waals surface area (Å²) in [6.45, 7) is 2.68. The zero-order valence-electron chi connectivity index (χ0n) is 26.9. The number of carboxylic acid groups (broad SMARTS) is 1. The van der Waals surface area contributed by atoms with Gasteiger partial charge in [0.25, 0.3) is 11.8 Å². The molecule has 260 valence electrons. The van der Waals surface area contributed by atoms with Gasteiger partial charge in [0.05, 0.1) is 18.2 Å². The van der Waals surface area contributed by atoms with E-state index in [9.17, 15) is 37.9 Å². The molecule has 3 heterocycles. The molecule has 2 atom stereocenters. The summed E-state index contributed by atoms with van der Waals surface area (Å²) < 4.78 is 38.4. The average molecular weight is 682 g/mol. The average Bonchev–Trinajstić information content (AvgIpc) is 3.60. The van der Waals surface area contributed by atoms with E-state index in [0.717, 1.165) is 12.1 Å². The first-order valence-electron chi connectivity index (χ1n) is 16.1. The fourth-order valence-corrected chi connectivity index (χ4v) is 6.03. The van der Waals surface area contributed by atoms with Gasteiger partial charge >= 0.3 is 12.1 Å². The van der Waals surface area contributed by atoms with Gasteiger partial charge in [-0.05, 0) is 56.0 Å². The lowest BCUT2D eigenvalue weighted by Gasteiger charge is -2.35. The van der Waals surface area contributed by atoms with Crippen LogP contribution in [0.25, 0.3) is 10.9 Å². The van der Waals surface area contributed by atoms with E-state index in [1.807, 2.05) is 0 Å². The lowest BCUT2D eigenvalue weighted by Crippen LogP contribution is -2.56. The molecule has 2 saturated heterocycles. The zero-order chi connectivity index (χ0) is 35.1. The SMILES string of the molecule is CCOC(=O)N1CCN(C(=O)C(CCC(=O)O)NC(=O)c2cc(OCC(=O)N3CCCC3c3ccc(F)c(F)c3)c3ccccc3n2)CC1. The van der Waals surface area contributed by atoms with Crippen LogP contribution in [0.4, 0.5) is 13.6 Å². The number of nitrogens with one attached hydrogen (secondary N) is 1. The van der Waals surface area contributed by atoms with E-state index in [1.54, 1.807) is 36.1 Å². The second-order valence-electron chi connectivity index (χ2n) is 11.7. The second-order valence-corrected chi connectivity index (χ2v) is 11.7. The molecule has 2 aliphatic rings. The molecule has 0 spiro atoms. The fourth-order valence-electron chi connectivity index (χ4n) is 6.03. The second kappa shape index (κ2) is 15.7. The molecule has 13 nitrogen and oxygen atoms in total. The highest BCUT2D eigenvalue weighted by molar-refractivity contribution is 5.99. The summed E-state index contributed by atoms with van der Waals surface area (Å²) in [6.07, 6.45) is 0.181. The number of pyridine rings is 1. The van der Waals surface area contributed by atoms with Crippen molar-refractivity contribution in [2.45, 2.75) is 44.7 Å². The van der Waals surface area contributed by atoms with Crippen molar-refractivity contribution in [3.63, 3.8) is 0 Å². The maximum Gasteiger partial charge on any atom is 0.409 e. The van der Waals surface area contributed by atoms with Gasteiger partial charge in [0.2, 0.25) is 5.91 Å². The molecule has 2 aromatic carbocycles. The number of carbonyl (C=O) groups is 5. The van der Waals surface area contributed by atoms with Crippen LogP contribution in [-0.4, -0.2) is 107 Å². The molecule has 0 bridgehead atoms. The molecule has 3 aromatic rings. The number of aromatic nitrogens is 1. The van der Waals surface area contributed by atoms with Crippen LogP contribution < -0.4 is 10.1 Å². The maximum absolute atomic E-state index is 13.9. The number of amides is 4. The number of piperazine rings is 1. The number of aliphatic carboxylic acids is 1. The molecule has 2 fully saturated rings. The number of nitrogens with zero attached hydrogens (tertiary/aromatic N) is 4. The van der Waals surface area contributed by atoms with Gasteiger partial charge in [0.15, 0.2) is 18.2 Å². The predicted octanol–water partition coefficient (Wildman–Crippen LogP) is 3.52. The third-order valence-electron chi connectivity index (χ3n) is 8.53. The number of hydrogen-bond donors (Lipinski definition) is 2. The summed E-state index contributed by atoms with van der Waals surface area (Å²) in [5.74, 6) is -4.58. The van der Waals surface area contributed by atoms with Crippen LogP contribution in [0.15, 0.2) is 48.5 Å². The predicted molar refractivity (Wildman–Crippen MR) is 171 cm³/mol. The lowest BCUT2D eigenvalue weighted by molar-refractivity contribution is -0.138. The van der Waals surface area contributed by atoms with Crippen molar-refractivity contribution in [1.29, 1.82) is 0 Å². The third-order valence-corrected chi connectivity index (χ3v) is 8.53. The van der Waals surface area contributed by atoms with E-state index >= 15 is 0 Å². The normalized spacial score (nSPS) is 16.7. The Labute approximate surface area is 280 Å². The Bertz CT molecular complexity index is 1730. The van der Waals surface area contributed by atoms with E-state index < -0.39 is 54.2 Å². The molecule has 15 heteroatoms. The third kappa shape index (κ3) is 8.39. The largest absolute Gasteiger partial charge is 0.483 e. The molecular formula is C34H37F2N5O8. The number of likely N-dealkylation sites (tertiary alicyclic amines) is 1. The van der Waals surface area contributed by atoms with Crippen molar-refractivity contribution in [1.82, 2.24) is 25.0 Å². The number of halogens is 2. The molecular weight excluding hydrogens is 644 g/mol. The number of hydrogen-bond acceptors (Lipinski definition) is 8. The van der Waals surface area contributed by atoms with E-state index in [0.29, 0.717) is 35.9 Å². The maximum atomic E-state index is 13.9. The van der Waals surface area contributed by atoms with E-state index in [1.165, 1.54) is 21.9 Å². The van der Waals surface area contributed by atoms with E-state index in [-0.39, 0.29) is 63.0 Å². The highest BCUT2D eigenvalue weighted by atomic mass is 19.2. The Morgan fingerprint density at radius 1 is 0.980 bits per heavy atom. The van der Waals surface area contributed by atoms with Crippen LogP contribution in [-0.2, 0) is 19.1 Å². The smallest absolute Gasteiger partial charge is 0.409 e. The molecule has 2 N–H and O–H groups in total. The van der Waals surface area contributed by atoms with Crippen LogP contribution in [0.2, 0.25) is 0 Å². The van der Waals surface area contributed by atoms with Crippen LogP contribution in [0.5, 0.6) is 5.75 Å². The fraction of sp³-hybridized carbons (Fsp3) is 0.412. The van der Waals surface area contributed by atoms with E-state index in [4.69, 9.17) is 9.47 Å². The van der Waals surface area contributed by atoms with Gasteiger partial charge in [-0.1, -0.05) is 18.2 Å². The van der Waals surface area contributed by atoms with Crippen LogP contribution in [0.1, 0.15) is 54.7 Å². The number of para-hydroxylation sites is 1. The Kier molecular flexibility index (Phi) is 11.2. The number of rotatable bonds is 11.